The normalized spacial score (nSPS) is 27.6. The van der Waals surface area contributed by atoms with Gasteiger partial charge in [0.1, 0.15) is 23.6 Å². The molecule has 43 heavy (non-hydrogen) atoms. The lowest BCUT2D eigenvalue weighted by atomic mass is 9.86. The Kier molecular flexibility index (Phi) is 6.90. The van der Waals surface area contributed by atoms with E-state index < -0.39 is 33.8 Å². The smallest absolute Gasteiger partial charge is 0.418 e. The van der Waals surface area contributed by atoms with Crippen molar-refractivity contribution in [3.8, 4) is 17.3 Å². The number of rotatable bonds is 5. The van der Waals surface area contributed by atoms with Gasteiger partial charge in [0.2, 0.25) is 0 Å². The Labute approximate surface area is 251 Å². The monoisotopic (exact) mass is 620 g/mol. The molecule has 6 heterocycles. The number of fused-ring (bicyclic) bond motifs is 2. The summed E-state index contributed by atoms with van der Waals surface area (Å²) in [5.74, 6) is -0.0716. The predicted octanol–water partition coefficient (Wildman–Crippen LogP) is 6.10. The molecule has 2 N–H and O–H groups in total. The molecule has 230 valence electrons. The van der Waals surface area contributed by atoms with E-state index in [1.807, 2.05) is 4.90 Å². The van der Waals surface area contributed by atoms with Crippen LogP contribution in [-0.2, 0) is 10.9 Å². The summed E-state index contributed by atoms with van der Waals surface area (Å²) in [7, 11) is 0. The number of nitrogens with two attached hydrogens (primary N) is 1. The van der Waals surface area contributed by atoms with Crippen molar-refractivity contribution in [2.45, 2.75) is 62.8 Å². The molecule has 1 spiro atoms. The van der Waals surface area contributed by atoms with Gasteiger partial charge < -0.3 is 20.1 Å². The van der Waals surface area contributed by atoms with Crippen LogP contribution in [0.1, 0.15) is 51.0 Å². The van der Waals surface area contributed by atoms with Crippen LogP contribution in [0.5, 0.6) is 6.01 Å². The highest BCUT2D eigenvalue weighted by Gasteiger charge is 2.48. The van der Waals surface area contributed by atoms with Gasteiger partial charge in [-0.05, 0) is 56.7 Å². The maximum Gasteiger partial charge on any atom is 0.418 e. The van der Waals surface area contributed by atoms with Gasteiger partial charge in [-0.25, -0.2) is 4.39 Å². The van der Waals surface area contributed by atoms with Crippen LogP contribution < -0.4 is 15.4 Å². The van der Waals surface area contributed by atoms with Crippen molar-refractivity contribution < 1.29 is 27.0 Å². The summed E-state index contributed by atoms with van der Waals surface area (Å²) in [6.07, 6.45) is 2.18. The minimum Gasteiger partial charge on any atom is -0.461 e. The van der Waals surface area contributed by atoms with Gasteiger partial charge >= 0.3 is 12.2 Å². The molecule has 0 amide bonds. The molecule has 3 atom stereocenters. The average molecular weight is 621 g/mol. The van der Waals surface area contributed by atoms with Crippen LogP contribution in [0.25, 0.3) is 22.2 Å². The molecule has 1 unspecified atom stereocenters. The highest BCUT2D eigenvalue weighted by molar-refractivity contribution is 6.32. The molecule has 0 aliphatic carbocycles. The van der Waals surface area contributed by atoms with E-state index in [2.05, 4.69) is 21.8 Å². The van der Waals surface area contributed by atoms with Crippen molar-refractivity contribution in [3.05, 3.63) is 34.7 Å². The fourth-order valence-corrected chi connectivity index (χ4v) is 7.96. The lowest BCUT2D eigenvalue weighted by molar-refractivity contribution is -0.151. The Morgan fingerprint density at radius 2 is 1.95 bits per heavy atom. The summed E-state index contributed by atoms with van der Waals surface area (Å²) in [4.78, 5) is 17.9. The van der Waals surface area contributed by atoms with Crippen LogP contribution in [0.3, 0.4) is 0 Å². The van der Waals surface area contributed by atoms with E-state index in [1.54, 1.807) is 0 Å². The molecule has 13 heteroatoms. The molecule has 3 aromatic rings. The number of alkyl halides is 3. The number of ether oxygens (including phenoxy) is 2. The summed E-state index contributed by atoms with van der Waals surface area (Å²) in [6.45, 7) is 6.46. The highest BCUT2D eigenvalue weighted by atomic mass is 35.5. The molecule has 1 aromatic carbocycles. The third kappa shape index (κ3) is 4.95. The quantitative estimate of drug-likeness (QED) is 0.271. The topological polar surface area (TPSA) is 89.6 Å². The van der Waals surface area contributed by atoms with Crippen LogP contribution in [0.2, 0.25) is 5.02 Å². The zero-order chi connectivity index (χ0) is 30.1. The van der Waals surface area contributed by atoms with Gasteiger partial charge in [0.25, 0.3) is 0 Å². The second-order valence-electron chi connectivity index (χ2n) is 12.6. The third-order valence-corrected chi connectivity index (χ3v) is 9.87. The fraction of sp³-hybridized carbons (Fsp3) is 0.567. The Balaban J connectivity index is 1.34. The van der Waals surface area contributed by atoms with Gasteiger partial charge in [-0.3, -0.25) is 9.88 Å². The molecule has 7 rings (SSSR count). The second kappa shape index (κ2) is 10.3. The number of benzene rings is 1. The van der Waals surface area contributed by atoms with E-state index in [4.69, 9.17) is 31.8 Å². The number of hydrogen-bond acceptors (Lipinski definition) is 8. The number of aromatic nitrogens is 3. The molecule has 4 saturated heterocycles. The fourth-order valence-electron chi connectivity index (χ4n) is 7.63. The molecule has 8 nitrogen and oxygen atoms in total. The predicted molar refractivity (Wildman–Crippen MR) is 155 cm³/mol. The number of anilines is 2. The molecular formula is C30H33ClF4N6O2. The first kappa shape index (κ1) is 28.8. The lowest BCUT2D eigenvalue weighted by Crippen LogP contribution is -2.56. The van der Waals surface area contributed by atoms with E-state index in [1.165, 1.54) is 6.20 Å². The Morgan fingerprint density at radius 3 is 2.70 bits per heavy atom. The standard InChI is InChI=1S/C30H33ClF4N6O2/c1-17-12-28(4-2-8-41(28)14-17)16-42-27-38-25-20(26(39-27)40-7-3-5-29(15-40)6-9-43-29)13-37-24(23(25)32)19-10-18(36)11-21(31)22(19)30(33,34)35/h10-11,13,17H,2-9,12,14-16,36H2,1H3/t17-,28+,29?/m1/s1. The van der Waals surface area contributed by atoms with Crippen LogP contribution in [0, 0.1) is 11.7 Å². The first-order valence-corrected chi connectivity index (χ1v) is 15.1. The number of halogens is 5. The molecule has 0 bridgehead atoms. The van der Waals surface area contributed by atoms with Crippen molar-refractivity contribution in [1.29, 1.82) is 0 Å². The maximum atomic E-state index is 16.4. The number of hydrogen-bond donors (Lipinski definition) is 1. The van der Waals surface area contributed by atoms with Crippen molar-refractivity contribution >= 4 is 34.0 Å². The molecule has 0 radical (unpaired) electrons. The largest absolute Gasteiger partial charge is 0.461 e. The second-order valence-corrected chi connectivity index (χ2v) is 13.0. The molecule has 4 fully saturated rings. The van der Waals surface area contributed by atoms with E-state index in [-0.39, 0.29) is 33.7 Å². The lowest BCUT2D eigenvalue weighted by Gasteiger charge is -2.48. The maximum absolute atomic E-state index is 16.4. The van der Waals surface area contributed by atoms with E-state index in [9.17, 15) is 13.2 Å². The van der Waals surface area contributed by atoms with Gasteiger partial charge in [-0.15, -0.1) is 0 Å². The SMILES string of the molecule is C[C@H]1CN2CCC[C@@]2(COc2nc(N3CCCC4(CCO4)C3)c3cnc(-c4cc(N)cc(Cl)c4C(F)(F)F)c(F)c3n2)C1. The highest BCUT2D eigenvalue weighted by Crippen LogP contribution is 2.45. The zero-order valence-electron chi connectivity index (χ0n) is 23.8. The summed E-state index contributed by atoms with van der Waals surface area (Å²) in [5, 5.41) is -0.356. The molecule has 4 aliphatic rings. The van der Waals surface area contributed by atoms with E-state index in [0.717, 1.165) is 63.7 Å². The van der Waals surface area contributed by atoms with Crippen molar-refractivity contribution in [1.82, 2.24) is 19.9 Å². The van der Waals surface area contributed by atoms with Crippen molar-refractivity contribution in [3.63, 3.8) is 0 Å². The molecule has 4 aliphatic heterocycles. The van der Waals surface area contributed by atoms with E-state index in [0.29, 0.717) is 38.0 Å². The van der Waals surface area contributed by atoms with Crippen LogP contribution >= 0.6 is 11.6 Å². The van der Waals surface area contributed by atoms with Gasteiger partial charge in [0.15, 0.2) is 5.82 Å². The minimum atomic E-state index is -4.87. The number of nitrogens with zero attached hydrogens (tertiary/aromatic N) is 5. The van der Waals surface area contributed by atoms with Crippen LogP contribution in [0.15, 0.2) is 18.3 Å². The zero-order valence-corrected chi connectivity index (χ0v) is 24.6. The molecule has 0 saturated carbocycles. The van der Waals surface area contributed by atoms with Gasteiger partial charge in [0, 0.05) is 43.5 Å². The van der Waals surface area contributed by atoms with Crippen LogP contribution in [-0.4, -0.2) is 70.4 Å². The summed E-state index contributed by atoms with van der Waals surface area (Å²) >= 11 is 5.98. The van der Waals surface area contributed by atoms with Gasteiger partial charge in [-0.1, -0.05) is 18.5 Å². The number of pyridine rings is 1. The number of piperidine rings is 1. The average Bonchev–Trinajstić information content (AvgIpc) is 3.45. The van der Waals surface area contributed by atoms with Crippen LogP contribution in [0.4, 0.5) is 29.1 Å². The molecule has 2 aromatic heterocycles. The van der Waals surface area contributed by atoms with Crippen molar-refractivity contribution in [2.75, 3.05) is 50.0 Å². The Bertz CT molecular complexity index is 1580. The van der Waals surface area contributed by atoms with E-state index >= 15 is 4.39 Å². The first-order chi connectivity index (χ1) is 20.5. The molecular weight excluding hydrogens is 588 g/mol. The third-order valence-electron chi connectivity index (χ3n) is 9.57. The summed E-state index contributed by atoms with van der Waals surface area (Å²) in [5.41, 5.74) is 2.89. The Morgan fingerprint density at radius 1 is 1.16 bits per heavy atom. The van der Waals surface area contributed by atoms with Gasteiger partial charge in [0.05, 0.1) is 33.7 Å². The Hall–Kier alpha value is -2.96. The van der Waals surface area contributed by atoms with Gasteiger partial charge in [-0.2, -0.15) is 23.1 Å². The summed E-state index contributed by atoms with van der Waals surface area (Å²) in [6, 6.07) is 2.00. The summed E-state index contributed by atoms with van der Waals surface area (Å²) < 4.78 is 70.9. The minimum absolute atomic E-state index is 0.0184. The first-order valence-electron chi connectivity index (χ1n) is 14.8. The van der Waals surface area contributed by atoms with Crippen molar-refractivity contribution in [2.24, 2.45) is 5.92 Å². The number of nitrogen functional groups attached to an aromatic ring is 1.